The van der Waals surface area contributed by atoms with E-state index < -0.39 is 35.2 Å². The first kappa shape index (κ1) is 43.3. The van der Waals surface area contributed by atoms with Crippen LogP contribution in [-0.4, -0.2) is 53.4 Å². The minimum atomic E-state index is -4.84. The minimum Gasteiger partial charge on any atom is -0.489 e. The molecule has 292 valence electrons. The number of hydrogen-bond donors (Lipinski definition) is 0. The van der Waals surface area contributed by atoms with E-state index in [9.17, 15) is 32.3 Å². The van der Waals surface area contributed by atoms with Gasteiger partial charge in [-0.1, -0.05) is 44.2 Å². The third kappa shape index (κ3) is 11.0. The van der Waals surface area contributed by atoms with Crippen molar-refractivity contribution >= 4 is 29.2 Å². The molecule has 0 aliphatic carbocycles. The van der Waals surface area contributed by atoms with Gasteiger partial charge in [-0.2, -0.15) is 13.2 Å². The van der Waals surface area contributed by atoms with Crippen molar-refractivity contribution in [3.63, 3.8) is 0 Å². The van der Waals surface area contributed by atoms with Gasteiger partial charge in [0.05, 0.1) is 18.5 Å². The maximum atomic E-state index is 13.1. The predicted molar refractivity (Wildman–Crippen MR) is 200 cm³/mol. The van der Waals surface area contributed by atoms with E-state index in [0.29, 0.717) is 38.9 Å². The number of anilines is 1. The lowest BCUT2D eigenvalue weighted by molar-refractivity contribution is -0.148. The number of aryl methyl sites for hydroxylation is 3. The zero-order chi connectivity index (χ0) is 40.2. The number of alkyl halides is 4. The van der Waals surface area contributed by atoms with Crippen molar-refractivity contribution in [2.45, 2.75) is 66.3 Å². The van der Waals surface area contributed by atoms with E-state index in [2.05, 4.69) is 6.92 Å². The van der Waals surface area contributed by atoms with E-state index in [1.54, 1.807) is 11.8 Å². The predicted octanol–water partition coefficient (Wildman–Crippen LogP) is 6.76. The number of carbonyl (C=O) groups is 2. The lowest BCUT2D eigenvalue weighted by atomic mass is 10.0. The number of benzene rings is 3. The van der Waals surface area contributed by atoms with Gasteiger partial charge in [-0.3, -0.25) is 19.1 Å². The van der Waals surface area contributed by atoms with Crippen molar-refractivity contribution in [1.29, 1.82) is 0 Å². The Morgan fingerprint density at radius 2 is 1.63 bits per heavy atom. The molecule has 3 aromatic carbocycles. The fraction of sp³-hybridized carbons (Fsp3) is 0.385. The van der Waals surface area contributed by atoms with Crippen molar-refractivity contribution in [2.75, 3.05) is 31.2 Å². The van der Waals surface area contributed by atoms with Crippen molar-refractivity contribution in [3.8, 4) is 17.2 Å². The summed E-state index contributed by atoms with van der Waals surface area (Å²) in [5.74, 6) is 0.147. The highest BCUT2D eigenvalue weighted by atomic mass is 35.5. The summed E-state index contributed by atoms with van der Waals surface area (Å²) in [6, 6.07) is 17.7. The van der Waals surface area contributed by atoms with Crippen LogP contribution in [0.3, 0.4) is 0 Å². The van der Waals surface area contributed by atoms with E-state index >= 15 is 0 Å². The Morgan fingerprint density at radius 1 is 0.944 bits per heavy atom. The van der Waals surface area contributed by atoms with E-state index in [0.717, 1.165) is 42.3 Å². The van der Waals surface area contributed by atoms with Gasteiger partial charge in [-0.05, 0) is 80.6 Å². The van der Waals surface area contributed by atoms with Crippen LogP contribution in [0.25, 0.3) is 5.69 Å². The highest BCUT2D eigenvalue weighted by Crippen LogP contribution is 2.28. The van der Waals surface area contributed by atoms with Crippen molar-refractivity contribution in [1.82, 2.24) is 9.13 Å². The second kappa shape index (κ2) is 19.8. The third-order valence-electron chi connectivity index (χ3n) is 8.29. The molecule has 54 heavy (non-hydrogen) atoms. The van der Waals surface area contributed by atoms with Crippen LogP contribution in [0.2, 0.25) is 0 Å². The molecular formula is C39H45ClF3N3O8. The fourth-order valence-electron chi connectivity index (χ4n) is 5.35. The van der Waals surface area contributed by atoms with Crippen LogP contribution in [0.15, 0.2) is 76.3 Å². The van der Waals surface area contributed by atoms with Gasteiger partial charge in [0, 0.05) is 25.3 Å². The van der Waals surface area contributed by atoms with Gasteiger partial charge in [-0.25, -0.2) is 14.2 Å². The molecule has 1 aromatic heterocycles. The van der Waals surface area contributed by atoms with Crippen molar-refractivity contribution in [2.24, 2.45) is 7.05 Å². The summed E-state index contributed by atoms with van der Waals surface area (Å²) >= 11 is 5.68. The van der Waals surface area contributed by atoms with Crippen LogP contribution >= 0.6 is 11.6 Å². The van der Waals surface area contributed by atoms with E-state index in [-0.39, 0.29) is 30.8 Å². The molecule has 11 nitrogen and oxygen atoms in total. The van der Waals surface area contributed by atoms with Gasteiger partial charge in [0.25, 0.3) is 5.56 Å². The fourth-order valence-corrected chi connectivity index (χ4v) is 5.49. The van der Waals surface area contributed by atoms with Gasteiger partial charge >= 0.3 is 17.8 Å². The number of rotatable bonds is 14. The van der Waals surface area contributed by atoms with Gasteiger partial charge in [0.2, 0.25) is 5.91 Å². The number of aromatic nitrogens is 2. The maximum absolute atomic E-state index is 13.1. The SMILES string of the molecule is CCOCN(C(=O)CCl)c1c(C)cccc1CC.CCc1ccc(COc2ccc(-n3c(=O)cc(C(F)(F)F)n(C)c3=O)cc2)c(OC(C)C(=O)OC)c1. The summed E-state index contributed by atoms with van der Waals surface area (Å²) in [6.07, 6.45) is -4.04. The molecule has 0 saturated heterocycles. The molecule has 0 aliphatic rings. The summed E-state index contributed by atoms with van der Waals surface area (Å²) in [5.41, 5.74) is 1.32. The number of methoxy groups -OCH3 is 1. The number of halogens is 4. The normalized spacial score (nSPS) is 11.6. The van der Waals surface area contributed by atoms with Crippen LogP contribution in [0, 0.1) is 6.92 Å². The lowest BCUT2D eigenvalue weighted by Crippen LogP contribution is -2.40. The number of amides is 1. The number of esters is 1. The van der Waals surface area contributed by atoms with E-state index in [4.69, 9.17) is 30.5 Å². The first-order chi connectivity index (χ1) is 25.6. The molecule has 0 radical (unpaired) electrons. The zero-order valence-electron chi connectivity index (χ0n) is 31.3. The Hall–Kier alpha value is -5.08. The third-order valence-corrected chi connectivity index (χ3v) is 8.52. The van der Waals surface area contributed by atoms with Gasteiger partial charge in [0.1, 0.15) is 36.4 Å². The Kier molecular flexibility index (Phi) is 15.9. The quantitative estimate of drug-likeness (QED) is 0.0784. The van der Waals surface area contributed by atoms with E-state index in [1.165, 1.54) is 31.4 Å². The highest BCUT2D eigenvalue weighted by Gasteiger charge is 2.35. The molecule has 0 fully saturated rings. The molecule has 15 heteroatoms. The Balaban J connectivity index is 0.000000366. The molecule has 1 atom stereocenters. The average molecular weight is 776 g/mol. The van der Waals surface area contributed by atoms with Gasteiger partial charge in [-0.15, -0.1) is 11.6 Å². The summed E-state index contributed by atoms with van der Waals surface area (Å²) in [6.45, 7) is 10.4. The summed E-state index contributed by atoms with van der Waals surface area (Å²) in [7, 11) is 2.22. The number of carbonyl (C=O) groups excluding carboxylic acids is 2. The monoisotopic (exact) mass is 775 g/mol. The number of para-hydroxylation sites is 1. The molecule has 0 aliphatic heterocycles. The van der Waals surface area contributed by atoms with Gasteiger partial charge in [0.15, 0.2) is 6.10 Å². The first-order valence-electron chi connectivity index (χ1n) is 17.1. The Bertz CT molecular complexity index is 2010. The second-order valence-corrected chi connectivity index (χ2v) is 12.2. The van der Waals surface area contributed by atoms with Crippen molar-refractivity contribution < 1.29 is 41.7 Å². The Labute approximate surface area is 316 Å². The molecule has 4 rings (SSSR count). The van der Waals surface area contributed by atoms with Crippen LogP contribution in [0.5, 0.6) is 11.5 Å². The molecular weight excluding hydrogens is 731 g/mol. The molecule has 0 N–H and O–H groups in total. The minimum absolute atomic E-state index is 0.0371. The van der Waals surface area contributed by atoms with Crippen molar-refractivity contribution in [3.05, 3.63) is 116 Å². The first-order valence-corrected chi connectivity index (χ1v) is 17.7. The molecule has 0 spiro atoms. The van der Waals surface area contributed by atoms with Crippen LogP contribution < -0.4 is 25.6 Å². The number of ether oxygens (including phenoxy) is 4. The van der Waals surface area contributed by atoms with Crippen LogP contribution in [0.4, 0.5) is 18.9 Å². The molecule has 4 aromatic rings. The van der Waals surface area contributed by atoms with Crippen LogP contribution in [0.1, 0.15) is 55.6 Å². The summed E-state index contributed by atoms with van der Waals surface area (Å²) < 4.78 is 61.9. The van der Waals surface area contributed by atoms with Gasteiger partial charge < -0.3 is 18.9 Å². The summed E-state index contributed by atoms with van der Waals surface area (Å²) in [4.78, 5) is 50.1. The standard InChI is InChI=1S/C25H25F3N2O6.C14H20ClNO2/c1-5-16-6-7-17(20(12-16)36-15(2)23(32)34-4)14-35-19-10-8-18(9-11-19)30-22(31)13-21(25(26,27)28)29(3)24(30)33;1-4-12-8-6-7-11(3)14(12)16(10-18-5-2)13(17)9-15/h6-13,15H,5,14H2,1-4H3;6-8H,4-5,9-10H2,1-3H3. The lowest BCUT2D eigenvalue weighted by Gasteiger charge is -2.25. The second-order valence-electron chi connectivity index (χ2n) is 11.9. The maximum Gasteiger partial charge on any atom is 0.431 e. The molecule has 1 amide bonds. The Morgan fingerprint density at radius 3 is 2.20 bits per heavy atom. The highest BCUT2D eigenvalue weighted by molar-refractivity contribution is 6.29. The number of nitrogens with zero attached hydrogens (tertiary/aromatic N) is 3. The van der Waals surface area contributed by atoms with Crippen LogP contribution in [-0.2, 0) is 51.7 Å². The molecule has 1 unspecified atom stereocenters. The molecule has 1 heterocycles. The largest absolute Gasteiger partial charge is 0.489 e. The molecule has 0 saturated carbocycles. The van der Waals surface area contributed by atoms with E-state index in [1.807, 2.05) is 57.2 Å². The zero-order valence-corrected chi connectivity index (χ0v) is 32.0. The number of hydrogen-bond acceptors (Lipinski definition) is 8. The summed E-state index contributed by atoms with van der Waals surface area (Å²) in [5, 5.41) is 0. The molecule has 0 bridgehead atoms. The topological polar surface area (TPSA) is 118 Å². The average Bonchev–Trinajstić information content (AvgIpc) is 3.16. The smallest absolute Gasteiger partial charge is 0.431 e.